The number of pyridine rings is 1. The van der Waals surface area contributed by atoms with E-state index in [0.29, 0.717) is 13.1 Å². The van der Waals surface area contributed by atoms with Crippen LogP contribution >= 0.6 is 0 Å². The third kappa shape index (κ3) is 4.73. The normalized spacial score (nSPS) is 10.6. The van der Waals surface area contributed by atoms with E-state index in [1.54, 1.807) is 6.20 Å². The first-order valence-corrected chi connectivity index (χ1v) is 8.50. The number of hydrogen-bond acceptors (Lipinski definition) is 3. The average Bonchev–Trinajstić information content (AvgIpc) is 3.11. The van der Waals surface area contributed by atoms with E-state index in [2.05, 4.69) is 27.9 Å². The molecule has 25 heavy (non-hydrogen) atoms. The van der Waals surface area contributed by atoms with Crippen LogP contribution in [0.4, 0.5) is 10.5 Å². The second-order valence-corrected chi connectivity index (χ2v) is 5.89. The van der Waals surface area contributed by atoms with Crippen LogP contribution in [0.3, 0.4) is 0 Å². The third-order valence-corrected chi connectivity index (χ3v) is 3.90. The molecule has 0 saturated heterocycles. The highest BCUT2D eigenvalue weighted by Gasteiger charge is 2.02. The summed E-state index contributed by atoms with van der Waals surface area (Å²) in [4.78, 5) is 16.2. The molecule has 0 unspecified atom stereocenters. The van der Waals surface area contributed by atoms with Crippen molar-refractivity contribution < 1.29 is 4.79 Å². The van der Waals surface area contributed by atoms with Crippen molar-refractivity contribution in [1.29, 1.82) is 0 Å². The summed E-state index contributed by atoms with van der Waals surface area (Å²) in [5.41, 5.74) is 4.05. The zero-order chi connectivity index (χ0) is 17.5. The predicted molar refractivity (Wildman–Crippen MR) is 99.5 cm³/mol. The molecule has 0 radical (unpaired) electrons. The Morgan fingerprint density at radius 3 is 2.56 bits per heavy atom. The molecule has 0 atom stereocenters. The van der Waals surface area contributed by atoms with E-state index in [1.807, 2.05) is 53.2 Å². The van der Waals surface area contributed by atoms with Crippen molar-refractivity contribution in [2.45, 2.75) is 26.4 Å². The lowest BCUT2D eigenvalue weighted by Crippen LogP contribution is -2.34. The van der Waals surface area contributed by atoms with E-state index in [0.717, 1.165) is 35.4 Å². The van der Waals surface area contributed by atoms with E-state index in [4.69, 9.17) is 0 Å². The van der Waals surface area contributed by atoms with Crippen molar-refractivity contribution in [1.82, 2.24) is 20.0 Å². The maximum absolute atomic E-state index is 12.0. The standard InChI is InChI=1S/C19H23N5O/c1-2-8-20-17-5-3-15(4-6-17)13-22-19(25)23-14-16-7-10-24-11-9-21-18(24)12-16/h3-7,9-12,20H,2,8,13-14H2,1H3,(H2,22,23,25). The molecule has 3 N–H and O–H groups in total. The van der Waals surface area contributed by atoms with Crippen LogP contribution in [0.2, 0.25) is 0 Å². The van der Waals surface area contributed by atoms with Gasteiger partial charge in [0.15, 0.2) is 0 Å². The fourth-order valence-corrected chi connectivity index (χ4v) is 2.50. The molecule has 2 heterocycles. The molecule has 0 bridgehead atoms. The number of aromatic nitrogens is 2. The van der Waals surface area contributed by atoms with Gasteiger partial charge in [-0.3, -0.25) is 0 Å². The number of anilines is 1. The Labute approximate surface area is 147 Å². The molecule has 2 amide bonds. The van der Waals surface area contributed by atoms with Crippen LogP contribution in [-0.4, -0.2) is 22.0 Å². The summed E-state index contributed by atoms with van der Waals surface area (Å²) < 4.78 is 1.93. The van der Waals surface area contributed by atoms with Gasteiger partial charge in [0, 0.05) is 43.9 Å². The van der Waals surface area contributed by atoms with Crippen LogP contribution in [0.5, 0.6) is 0 Å². The fraction of sp³-hybridized carbons (Fsp3) is 0.263. The predicted octanol–water partition coefficient (Wildman–Crippen LogP) is 3.16. The smallest absolute Gasteiger partial charge is 0.315 e. The minimum Gasteiger partial charge on any atom is -0.385 e. The number of urea groups is 1. The van der Waals surface area contributed by atoms with Crippen LogP contribution in [0, 0.1) is 0 Å². The highest BCUT2D eigenvalue weighted by molar-refractivity contribution is 5.73. The van der Waals surface area contributed by atoms with E-state index >= 15 is 0 Å². The highest BCUT2D eigenvalue weighted by atomic mass is 16.2. The Hall–Kier alpha value is -3.02. The molecule has 0 aliphatic carbocycles. The van der Waals surface area contributed by atoms with E-state index in [9.17, 15) is 4.79 Å². The molecule has 0 saturated carbocycles. The lowest BCUT2D eigenvalue weighted by molar-refractivity contribution is 0.240. The SMILES string of the molecule is CCCNc1ccc(CNC(=O)NCc2ccn3ccnc3c2)cc1. The molecule has 0 fully saturated rings. The number of nitrogens with one attached hydrogen (secondary N) is 3. The van der Waals surface area contributed by atoms with Gasteiger partial charge in [-0.1, -0.05) is 19.1 Å². The van der Waals surface area contributed by atoms with Gasteiger partial charge < -0.3 is 20.4 Å². The monoisotopic (exact) mass is 337 g/mol. The molecule has 0 aliphatic rings. The Morgan fingerprint density at radius 1 is 1.04 bits per heavy atom. The van der Waals surface area contributed by atoms with Crippen LogP contribution in [0.25, 0.3) is 5.65 Å². The number of nitrogens with zero attached hydrogens (tertiary/aromatic N) is 2. The summed E-state index contributed by atoms with van der Waals surface area (Å²) >= 11 is 0. The summed E-state index contributed by atoms with van der Waals surface area (Å²) in [6.07, 6.45) is 6.67. The van der Waals surface area contributed by atoms with E-state index in [-0.39, 0.29) is 6.03 Å². The Bertz CT molecular complexity index is 825. The minimum absolute atomic E-state index is 0.184. The summed E-state index contributed by atoms with van der Waals surface area (Å²) in [6, 6.07) is 11.8. The van der Waals surface area contributed by atoms with Crippen molar-refractivity contribution in [3.63, 3.8) is 0 Å². The highest BCUT2D eigenvalue weighted by Crippen LogP contribution is 2.09. The van der Waals surface area contributed by atoms with Crippen molar-refractivity contribution in [2.24, 2.45) is 0 Å². The summed E-state index contributed by atoms with van der Waals surface area (Å²) in [5.74, 6) is 0. The average molecular weight is 337 g/mol. The van der Waals surface area contributed by atoms with Crippen LogP contribution in [0.15, 0.2) is 55.0 Å². The first-order chi connectivity index (χ1) is 12.2. The van der Waals surface area contributed by atoms with Gasteiger partial charge >= 0.3 is 6.03 Å². The molecule has 1 aromatic carbocycles. The van der Waals surface area contributed by atoms with Crippen molar-refractivity contribution in [3.05, 3.63) is 66.1 Å². The van der Waals surface area contributed by atoms with Gasteiger partial charge in [0.25, 0.3) is 0 Å². The molecule has 6 nitrogen and oxygen atoms in total. The van der Waals surface area contributed by atoms with Crippen molar-refractivity contribution in [2.75, 3.05) is 11.9 Å². The van der Waals surface area contributed by atoms with Gasteiger partial charge in [-0.05, 0) is 41.8 Å². The van der Waals surface area contributed by atoms with Gasteiger partial charge in [0.2, 0.25) is 0 Å². The van der Waals surface area contributed by atoms with Crippen LogP contribution < -0.4 is 16.0 Å². The number of rotatable bonds is 7. The molecule has 2 aromatic heterocycles. The van der Waals surface area contributed by atoms with Gasteiger partial charge in [0.1, 0.15) is 5.65 Å². The first kappa shape index (κ1) is 16.8. The minimum atomic E-state index is -0.184. The molecule has 6 heteroatoms. The Morgan fingerprint density at radius 2 is 1.80 bits per heavy atom. The van der Waals surface area contributed by atoms with Gasteiger partial charge in [-0.25, -0.2) is 9.78 Å². The zero-order valence-corrected chi connectivity index (χ0v) is 14.3. The molecule has 0 spiro atoms. The number of imidazole rings is 1. The number of fused-ring (bicyclic) bond motifs is 1. The number of amides is 2. The number of carbonyl (C=O) groups excluding carboxylic acids is 1. The van der Waals surface area contributed by atoms with Gasteiger partial charge in [-0.2, -0.15) is 0 Å². The van der Waals surface area contributed by atoms with Crippen LogP contribution in [-0.2, 0) is 13.1 Å². The van der Waals surface area contributed by atoms with Gasteiger partial charge in [0.05, 0.1) is 0 Å². The van der Waals surface area contributed by atoms with Gasteiger partial charge in [-0.15, -0.1) is 0 Å². The largest absolute Gasteiger partial charge is 0.385 e. The topological polar surface area (TPSA) is 70.5 Å². The number of benzene rings is 1. The third-order valence-electron chi connectivity index (χ3n) is 3.90. The second kappa shape index (κ2) is 8.19. The summed E-state index contributed by atoms with van der Waals surface area (Å²) in [5, 5.41) is 9.07. The Balaban J connectivity index is 1.44. The van der Waals surface area contributed by atoms with Crippen molar-refractivity contribution >= 4 is 17.4 Å². The van der Waals surface area contributed by atoms with Crippen molar-refractivity contribution in [3.8, 4) is 0 Å². The second-order valence-electron chi connectivity index (χ2n) is 5.89. The molecule has 130 valence electrons. The van der Waals surface area contributed by atoms with Crippen LogP contribution in [0.1, 0.15) is 24.5 Å². The molecular weight excluding hydrogens is 314 g/mol. The summed E-state index contributed by atoms with van der Waals surface area (Å²) in [6.45, 7) is 4.07. The molecule has 3 rings (SSSR count). The van der Waals surface area contributed by atoms with E-state index < -0.39 is 0 Å². The fourth-order valence-electron chi connectivity index (χ4n) is 2.50. The number of carbonyl (C=O) groups is 1. The summed E-state index contributed by atoms with van der Waals surface area (Å²) in [7, 11) is 0. The first-order valence-electron chi connectivity index (χ1n) is 8.50. The number of hydrogen-bond donors (Lipinski definition) is 3. The maximum atomic E-state index is 12.0. The Kier molecular flexibility index (Phi) is 5.51. The molecular formula is C19H23N5O. The van der Waals surface area contributed by atoms with E-state index in [1.165, 1.54) is 0 Å². The zero-order valence-electron chi connectivity index (χ0n) is 14.3. The lowest BCUT2D eigenvalue weighted by atomic mass is 10.2. The molecule has 0 aliphatic heterocycles. The lowest BCUT2D eigenvalue weighted by Gasteiger charge is -2.09. The molecule has 3 aromatic rings. The quantitative estimate of drug-likeness (QED) is 0.620. The maximum Gasteiger partial charge on any atom is 0.315 e.